The Kier molecular flexibility index (Phi) is 4.69. The molecule has 0 radical (unpaired) electrons. The van der Waals surface area contributed by atoms with E-state index < -0.39 is 14.4 Å². The summed E-state index contributed by atoms with van der Waals surface area (Å²) in [6.45, 7) is 11.6. The standard InChI is InChI=1S/C12H22N2O3Si/c1-12(2,3)18(4,5)17-9-8-16-11(15)14-7-6-13-10-14/h6-7,10H,8-9H2,1-5H3. The van der Waals surface area contributed by atoms with Crippen LogP contribution in [0, 0.1) is 0 Å². The Balaban J connectivity index is 2.29. The molecule has 1 aromatic heterocycles. The Morgan fingerprint density at radius 2 is 2.00 bits per heavy atom. The van der Waals surface area contributed by atoms with Crippen molar-refractivity contribution in [2.45, 2.75) is 38.9 Å². The van der Waals surface area contributed by atoms with Gasteiger partial charge in [-0.25, -0.2) is 14.3 Å². The van der Waals surface area contributed by atoms with Gasteiger partial charge in [-0.05, 0) is 18.1 Å². The van der Waals surface area contributed by atoms with Crippen LogP contribution in [-0.2, 0) is 9.16 Å². The lowest BCUT2D eigenvalue weighted by Crippen LogP contribution is -2.41. The molecule has 1 aromatic rings. The molecule has 0 atom stereocenters. The van der Waals surface area contributed by atoms with Crippen molar-refractivity contribution in [1.82, 2.24) is 9.55 Å². The molecular formula is C12H22N2O3Si. The van der Waals surface area contributed by atoms with Crippen molar-refractivity contribution in [3.05, 3.63) is 18.7 Å². The van der Waals surface area contributed by atoms with E-state index in [0.29, 0.717) is 6.61 Å². The number of aromatic nitrogens is 2. The summed E-state index contributed by atoms with van der Waals surface area (Å²) in [7, 11) is -1.75. The van der Waals surface area contributed by atoms with Gasteiger partial charge >= 0.3 is 6.09 Å². The summed E-state index contributed by atoms with van der Waals surface area (Å²) >= 11 is 0. The summed E-state index contributed by atoms with van der Waals surface area (Å²) in [4.78, 5) is 15.3. The number of hydrogen-bond acceptors (Lipinski definition) is 4. The van der Waals surface area contributed by atoms with Crippen LogP contribution in [0.4, 0.5) is 4.79 Å². The molecule has 1 rings (SSSR count). The molecule has 0 fully saturated rings. The highest BCUT2D eigenvalue weighted by Crippen LogP contribution is 2.36. The van der Waals surface area contributed by atoms with Gasteiger partial charge in [-0.2, -0.15) is 0 Å². The first kappa shape index (κ1) is 14.9. The highest BCUT2D eigenvalue weighted by atomic mass is 28.4. The van der Waals surface area contributed by atoms with Crippen molar-refractivity contribution in [2.24, 2.45) is 0 Å². The zero-order valence-electron chi connectivity index (χ0n) is 11.8. The van der Waals surface area contributed by atoms with Crippen LogP contribution < -0.4 is 0 Å². The van der Waals surface area contributed by atoms with E-state index in [1.165, 1.54) is 17.1 Å². The van der Waals surface area contributed by atoms with E-state index in [4.69, 9.17) is 9.16 Å². The monoisotopic (exact) mass is 270 g/mol. The molecule has 0 N–H and O–H groups in total. The number of carbonyl (C=O) groups excluding carboxylic acids is 1. The summed E-state index contributed by atoms with van der Waals surface area (Å²) in [6, 6.07) is 0. The van der Waals surface area contributed by atoms with Crippen molar-refractivity contribution >= 4 is 14.4 Å². The lowest BCUT2D eigenvalue weighted by molar-refractivity contribution is 0.122. The minimum Gasteiger partial charge on any atom is -0.446 e. The van der Waals surface area contributed by atoms with Crippen molar-refractivity contribution < 1.29 is 14.0 Å². The summed E-state index contributed by atoms with van der Waals surface area (Å²) < 4.78 is 12.3. The van der Waals surface area contributed by atoms with Gasteiger partial charge in [0.1, 0.15) is 12.9 Å². The molecule has 0 spiro atoms. The van der Waals surface area contributed by atoms with Gasteiger partial charge in [-0.3, -0.25) is 0 Å². The van der Waals surface area contributed by atoms with E-state index in [-0.39, 0.29) is 11.6 Å². The van der Waals surface area contributed by atoms with E-state index in [2.05, 4.69) is 38.8 Å². The molecule has 18 heavy (non-hydrogen) atoms. The van der Waals surface area contributed by atoms with Gasteiger partial charge in [0.25, 0.3) is 0 Å². The molecule has 6 heteroatoms. The Hall–Kier alpha value is -1.14. The highest BCUT2D eigenvalue weighted by Gasteiger charge is 2.36. The van der Waals surface area contributed by atoms with Crippen LogP contribution in [0.2, 0.25) is 18.1 Å². The SMILES string of the molecule is CC(C)(C)[Si](C)(C)OCCOC(=O)n1ccnc1. The Morgan fingerprint density at radius 1 is 1.33 bits per heavy atom. The smallest absolute Gasteiger partial charge is 0.419 e. The molecule has 0 unspecified atom stereocenters. The number of imidazole rings is 1. The Labute approximate surface area is 109 Å². The molecule has 5 nitrogen and oxygen atoms in total. The minimum absolute atomic E-state index is 0.168. The van der Waals surface area contributed by atoms with Gasteiger partial charge in [-0.15, -0.1) is 0 Å². The van der Waals surface area contributed by atoms with E-state index in [0.717, 1.165) is 0 Å². The molecule has 0 aliphatic heterocycles. The summed E-state index contributed by atoms with van der Waals surface area (Å²) in [5.74, 6) is 0. The molecule has 0 saturated heterocycles. The number of nitrogens with zero attached hydrogens (tertiary/aromatic N) is 2. The third-order valence-electron chi connectivity index (χ3n) is 3.29. The number of rotatable bonds is 4. The predicted octanol–water partition coefficient (Wildman–Crippen LogP) is 2.89. The minimum atomic E-state index is -1.75. The molecule has 0 bridgehead atoms. The first-order chi connectivity index (χ1) is 8.24. The van der Waals surface area contributed by atoms with Crippen LogP contribution in [0.5, 0.6) is 0 Å². The van der Waals surface area contributed by atoms with E-state index in [1.807, 2.05) is 0 Å². The van der Waals surface area contributed by atoms with Gasteiger partial charge < -0.3 is 9.16 Å². The lowest BCUT2D eigenvalue weighted by Gasteiger charge is -2.36. The summed E-state index contributed by atoms with van der Waals surface area (Å²) in [6.07, 6.45) is 4.08. The third kappa shape index (κ3) is 3.96. The average molecular weight is 270 g/mol. The fourth-order valence-corrected chi connectivity index (χ4v) is 2.11. The normalized spacial score (nSPS) is 12.5. The highest BCUT2D eigenvalue weighted by molar-refractivity contribution is 6.74. The quantitative estimate of drug-likeness (QED) is 0.623. The second kappa shape index (κ2) is 5.66. The van der Waals surface area contributed by atoms with Gasteiger partial charge in [0.15, 0.2) is 8.32 Å². The maximum absolute atomic E-state index is 11.5. The third-order valence-corrected chi connectivity index (χ3v) is 7.83. The lowest BCUT2D eigenvalue weighted by atomic mass is 10.2. The largest absolute Gasteiger partial charge is 0.446 e. The Bertz CT molecular complexity index is 383. The molecule has 0 aliphatic rings. The fraction of sp³-hybridized carbons (Fsp3) is 0.667. The summed E-state index contributed by atoms with van der Waals surface area (Å²) in [5, 5.41) is 0.168. The molecule has 1 heterocycles. The number of carbonyl (C=O) groups is 1. The van der Waals surface area contributed by atoms with E-state index in [1.54, 1.807) is 6.20 Å². The second-order valence-corrected chi connectivity index (χ2v) is 10.5. The predicted molar refractivity (Wildman–Crippen MR) is 72.1 cm³/mol. The first-order valence-corrected chi connectivity index (χ1v) is 8.94. The second-order valence-electron chi connectivity index (χ2n) is 5.69. The van der Waals surface area contributed by atoms with Gasteiger partial charge in [-0.1, -0.05) is 20.8 Å². The maximum Gasteiger partial charge on any atom is 0.419 e. The molecule has 0 aromatic carbocycles. The van der Waals surface area contributed by atoms with Crippen LogP contribution in [0.15, 0.2) is 18.7 Å². The van der Waals surface area contributed by atoms with Crippen LogP contribution in [0.3, 0.4) is 0 Å². The molecule has 102 valence electrons. The number of ether oxygens (including phenoxy) is 1. The van der Waals surface area contributed by atoms with Gasteiger partial charge in [0.2, 0.25) is 0 Å². The van der Waals surface area contributed by atoms with Crippen LogP contribution in [0.1, 0.15) is 20.8 Å². The van der Waals surface area contributed by atoms with Crippen LogP contribution >= 0.6 is 0 Å². The van der Waals surface area contributed by atoms with Crippen molar-refractivity contribution in [3.63, 3.8) is 0 Å². The van der Waals surface area contributed by atoms with Crippen LogP contribution in [-0.4, -0.2) is 37.2 Å². The van der Waals surface area contributed by atoms with E-state index in [9.17, 15) is 4.79 Å². The molecule has 0 amide bonds. The van der Waals surface area contributed by atoms with E-state index >= 15 is 0 Å². The van der Waals surface area contributed by atoms with Crippen molar-refractivity contribution in [1.29, 1.82) is 0 Å². The Morgan fingerprint density at radius 3 is 2.50 bits per heavy atom. The molecular weight excluding hydrogens is 248 g/mol. The van der Waals surface area contributed by atoms with Gasteiger partial charge in [0, 0.05) is 12.4 Å². The topological polar surface area (TPSA) is 53.4 Å². The zero-order chi connectivity index (χ0) is 13.8. The summed E-state index contributed by atoms with van der Waals surface area (Å²) in [5.41, 5.74) is 0. The average Bonchev–Trinajstić information content (AvgIpc) is 2.75. The molecule has 0 aliphatic carbocycles. The van der Waals surface area contributed by atoms with Crippen LogP contribution in [0.25, 0.3) is 0 Å². The zero-order valence-corrected chi connectivity index (χ0v) is 12.8. The first-order valence-electron chi connectivity index (χ1n) is 6.03. The number of hydrogen-bond donors (Lipinski definition) is 0. The fourth-order valence-electron chi connectivity index (χ4n) is 1.08. The maximum atomic E-state index is 11.5. The van der Waals surface area contributed by atoms with Crippen molar-refractivity contribution in [3.8, 4) is 0 Å². The van der Waals surface area contributed by atoms with Crippen molar-refractivity contribution in [2.75, 3.05) is 13.2 Å². The van der Waals surface area contributed by atoms with Gasteiger partial charge in [0.05, 0.1) is 6.61 Å². The molecule has 0 saturated carbocycles.